The van der Waals surface area contributed by atoms with E-state index in [9.17, 15) is 0 Å². The van der Waals surface area contributed by atoms with Crippen molar-refractivity contribution in [2.24, 2.45) is 7.05 Å². The second-order valence-electron chi connectivity index (χ2n) is 6.25. The number of anilines is 1. The Hall–Kier alpha value is -2.21. The number of rotatable bonds is 6. The molecule has 130 valence electrons. The highest BCUT2D eigenvalue weighted by molar-refractivity contribution is 5.44. The second-order valence-corrected chi connectivity index (χ2v) is 6.25. The monoisotopic (exact) mass is 330 g/mol. The first-order chi connectivity index (χ1) is 11.6. The molecule has 3 rings (SSSR count). The van der Waals surface area contributed by atoms with Crippen molar-refractivity contribution in [1.29, 1.82) is 0 Å². The van der Waals surface area contributed by atoms with Crippen LogP contribution < -0.4 is 19.7 Å². The number of ether oxygens (including phenoxy) is 2. The Labute approximate surface area is 143 Å². The molecule has 6 heteroatoms. The van der Waals surface area contributed by atoms with Gasteiger partial charge < -0.3 is 24.3 Å². The molecule has 1 aromatic carbocycles. The molecule has 2 aromatic rings. The molecular weight excluding hydrogens is 304 g/mol. The molecule has 1 aliphatic heterocycles. The summed E-state index contributed by atoms with van der Waals surface area (Å²) in [5.41, 5.74) is 2.38. The maximum atomic E-state index is 5.70. The highest BCUT2D eigenvalue weighted by Gasteiger charge is 2.16. The number of nitrogens with zero attached hydrogens (tertiary/aromatic N) is 3. The summed E-state index contributed by atoms with van der Waals surface area (Å²) in [5, 5.41) is 3.63. The molecule has 1 unspecified atom stereocenters. The van der Waals surface area contributed by atoms with Crippen molar-refractivity contribution in [3.05, 3.63) is 35.7 Å². The lowest BCUT2D eigenvalue weighted by Crippen LogP contribution is -2.23. The molecular formula is C18H26N4O2. The van der Waals surface area contributed by atoms with Gasteiger partial charge in [0.25, 0.3) is 0 Å². The van der Waals surface area contributed by atoms with E-state index in [0.717, 1.165) is 36.1 Å². The van der Waals surface area contributed by atoms with Crippen LogP contribution in [0.15, 0.2) is 24.4 Å². The van der Waals surface area contributed by atoms with E-state index in [1.54, 1.807) is 0 Å². The van der Waals surface area contributed by atoms with Gasteiger partial charge in [-0.2, -0.15) is 0 Å². The fourth-order valence-corrected chi connectivity index (χ4v) is 3.02. The van der Waals surface area contributed by atoms with Crippen LogP contribution in [0.25, 0.3) is 0 Å². The van der Waals surface area contributed by atoms with Gasteiger partial charge in [0.15, 0.2) is 11.5 Å². The maximum Gasteiger partial charge on any atom is 0.204 e. The molecule has 24 heavy (non-hydrogen) atoms. The largest absolute Gasteiger partial charge is 0.486 e. The Morgan fingerprint density at radius 1 is 1.25 bits per heavy atom. The van der Waals surface area contributed by atoms with Gasteiger partial charge in [0, 0.05) is 33.7 Å². The number of nitrogens with one attached hydrogen (secondary N) is 1. The summed E-state index contributed by atoms with van der Waals surface area (Å²) in [5.74, 6) is 2.63. The van der Waals surface area contributed by atoms with Crippen molar-refractivity contribution < 1.29 is 9.47 Å². The quantitative estimate of drug-likeness (QED) is 0.882. The topological polar surface area (TPSA) is 51.6 Å². The Morgan fingerprint density at radius 3 is 2.67 bits per heavy atom. The molecule has 0 radical (unpaired) electrons. The zero-order valence-corrected chi connectivity index (χ0v) is 14.9. The summed E-state index contributed by atoms with van der Waals surface area (Å²) in [6.45, 7) is 4.19. The van der Waals surface area contributed by atoms with Crippen LogP contribution in [0.4, 0.5) is 5.95 Å². The number of fused-ring (bicyclic) bond motifs is 1. The molecule has 0 saturated heterocycles. The molecule has 0 saturated carbocycles. The lowest BCUT2D eigenvalue weighted by molar-refractivity contribution is 0.171. The molecule has 0 fully saturated rings. The van der Waals surface area contributed by atoms with Gasteiger partial charge >= 0.3 is 0 Å². The number of hydrogen-bond acceptors (Lipinski definition) is 5. The summed E-state index contributed by atoms with van der Waals surface area (Å²) in [6.07, 6.45) is 2.93. The maximum absolute atomic E-state index is 5.70. The van der Waals surface area contributed by atoms with Crippen LogP contribution in [0.5, 0.6) is 11.5 Å². The van der Waals surface area contributed by atoms with Crippen molar-refractivity contribution in [3.8, 4) is 11.5 Å². The van der Waals surface area contributed by atoms with Gasteiger partial charge in [0.1, 0.15) is 13.2 Å². The third-order valence-corrected chi connectivity index (χ3v) is 4.37. The summed E-state index contributed by atoms with van der Waals surface area (Å²) in [7, 11) is 6.05. The summed E-state index contributed by atoms with van der Waals surface area (Å²) < 4.78 is 13.4. The third-order valence-electron chi connectivity index (χ3n) is 4.37. The number of hydrogen-bond donors (Lipinski definition) is 1. The number of benzene rings is 1. The average Bonchev–Trinajstić information content (AvgIpc) is 2.96. The van der Waals surface area contributed by atoms with E-state index in [4.69, 9.17) is 9.47 Å². The van der Waals surface area contributed by atoms with E-state index < -0.39 is 0 Å². The predicted molar refractivity (Wildman–Crippen MR) is 94.8 cm³/mol. The molecule has 2 heterocycles. The molecule has 1 N–H and O–H groups in total. The summed E-state index contributed by atoms with van der Waals surface area (Å²) in [6, 6.07) is 6.47. The highest BCUT2D eigenvalue weighted by atomic mass is 16.6. The molecule has 0 amide bonds. The minimum atomic E-state index is 0.263. The van der Waals surface area contributed by atoms with Crippen LogP contribution in [0, 0.1) is 0 Å². The molecule has 1 atom stereocenters. The summed E-state index contributed by atoms with van der Waals surface area (Å²) >= 11 is 0. The molecule has 1 aromatic heterocycles. The first-order valence-electron chi connectivity index (χ1n) is 8.41. The third kappa shape index (κ3) is 3.33. The van der Waals surface area contributed by atoms with Gasteiger partial charge in [-0.1, -0.05) is 13.0 Å². The number of imidazole rings is 1. The van der Waals surface area contributed by atoms with Crippen LogP contribution in [0.3, 0.4) is 0 Å². The molecule has 6 nitrogen and oxygen atoms in total. The molecule has 0 bridgehead atoms. The van der Waals surface area contributed by atoms with Gasteiger partial charge in [0.2, 0.25) is 5.95 Å². The van der Waals surface area contributed by atoms with E-state index in [1.165, 1.54) is 5.56 Å². The Morgan fingerprint density at radius 2 is 2.00 bits per heavy atom. The standard InChI is InChI=1S/C18H26N4O2/c1-5-15(13-6-7-16-17(10-13)24-9-8-23-16)19-11-14-12-20-18(21(2)3)22(14)4/h6-7,10,12,15,19H,5,8-9,11H2,1-4H3. The highest BCUT2D eigenvalue weighted by Crippen LogP contribution is 2.33. The zero-order valence-electron chi connectivity index (χ0n) is 14.9. The smallest absolute Gasteiger partial charge is 0.204 e. The molecule has 0 spiro atoms. The minimum Gasteiger partial charge on any atom is -0.486 e. The SMILES string of the molecule is CCC(NCc1cnc(N(C)C)n1C)c1ccc2c(c1)OCCO2. The van der Waals surface area contributed by atoms with Crippen LogP contribution in [-0.2, 0) is 13.6 Å². The van der Waals surface area contributed by atoms with Gasteiger partial charge in [-0.25, -0.2) is 4.98 Å². The predicted octanol–water partition coefficient (Wildman–Crippen LogP) is 2.50. The van der Waals surface area contributed by atoms with Crippen molar-refractivity contribution in [3.63, 3.8) is 0 Å². The van der Waals surface area contributed by atoms with Crippen LogP contribution in [0.1, 0.15) is 30.6 Å². The normalized spacial score (nSPS) is 14.5. The Bertz CT molecular complexity index is 696. The zero-order chi connectivity index (χ0) is 17.1. The van der Waals surface area contributed by atoms with E-state index in [-0.39, 0.29) is 6.04 Å². The molecule has 1 aliphatic rings. The summed E-state index contributed by atoms with van der Waals surface area (Å²) in [4.78, 5) is 6.48. The van der Waals surface area contributed by atoms with Crippen LogP contribution >= 0.6 is 0 Å². The van der Waals surface area contributed by atoms with Crippen LogP contribution in [-0.4, -0.2) is 36.9 Å². The minimum absolute atomic E-state index is 0.263. The average molecular weight is 330 g/mol. The fourth-order valence-electron chi connectivity index (χ4n) is 3.02. The van der Waals surface area contributed by atoms with Crippen molar-refractivity contribution in [2.75, 3.05) is 32.2 Å². The Balaban J connectivity index is 1.71. The fraction of sp³-hybridized carbons (Fsp3) is 0.500. The van der Waals surface area contributed by atoms with Crippen LogP contribution in [0.2, 0.25) is 0 Å². The van der Waals surface area contributed by atoms with E-state index in [1.807, 2.05) is 38.3 Å². The second kappa shape index (κ2) is 7.13. The molecule has 0 aliphatic carbocycles. The first kappa shape index (κ1) is 16.6. The lowest BCUT2D eigenvalue weighted by Gasteiger charge is -2.22. The first-order valence-corrected chi connectivity index (χ1v) is 8.41. The van der Waals surface area contributed by atoms with Gasteiger partial charge in [-0.05, 0) is 24.1 Å². The van der Waals surface area contributed by atoms with Crippen molar-refractivity contribution in [1.82, 2.24) is 14.9 Å². The van der Waals surface area contributed by atoms with Crippen molar-refractivity contribution >= 4 is 5.95 Å². The van der Waals surface area contributed by atoms with Gasteiger partial charge in [-0.3, -0.25) is 0 Å². The van der Waals surface area contributed by atoms with Gasteiger partial charge in [0.05, 0.1) is 11.9 Å². The van der Waals surface area contributed by atoms with E-state index >= 15 is 0 Å². The van der Waals surface area contributed by atoms with Gasteiger partial charge in [-0.15, -0.1) is 0 Å². The van der Waals surface area contributed by atoms with E-state index in [0.29, 0.717) is 13.2 Å². The van der Waals surface area contributed by atoms with E-state index in [2.05, 4.69) is 33.9 Å². The van der Waals surface area contributed by atoms with Crippen molar-refractivity contribution in [2.45, 2.75) is 25.9 Å². The Kier molecular flexibility index (Phi) is 4.94. The number of aromatic nitrogens is 2. The lowest BCUT2D eigenvalue weighted by atomic mass is 10.0.